The van der Waals surface area contributed by atoms with Gasteiger partial charge in [0, 0.05) is 38.4 Å². The largest absolute Gasteiger partial charge is 0.369 e. The van der Waals surface area contributed by atoms with Crippen LogP contribution in [0.25, 0.3) is 0 Å². The monoisotopic (exact) mass is 452 g/mol. The number of aryl methyl sites for hydroxylation is 1. The van der Waals surface area contributed by atoms with Crippen molar-refractivity contribution >= 4 is 48.8 Å². The fraction of sp³-hybridized carbons (Fsp3) is 0.650. The van der Waals surface area contributed by atoms with Crippen LogP contribution in [0, 0.1) is 6.92 Å². The second-order valence-corrected chi connectivity index (χ2v) is 7.64. The molecule has 1 saturated heterocycles. The summed E-state index contributed by atoms with van der Waals surface area (Å²) >= 11 is 0. The molecule has 28 heavy (non-hydrogen) atoms. The number of halogens is 3. The van der Waals surface area contributed by atoms with Gasteiger partial charge in [-0.3, -0.25) is 9.69 Å². The topological polar surface area (TPSA) is 61.6 Å². The number of benzene rings is 1. The van der Waals surface area contributed by atoms with E-state index in [1.807, 2.05) is 0 Å². The van der Waals surface area contributed by atoms with Gasteiger partial charge < -0.3 is 16.0 Å². The molecule has 1 aromatic carbocycles. The maximum atomic E-state index is 12.2. The molecule has 1 aromatic rings. The molecule has 3 rings (SSSR count). The quantitative estimate of drug-likeness (QED) is 0.650. The smallest absolute Gasteiger partial charge is 0.240 e. The van der Waals surface area contributed by atoms with Crippen molar-refractivity contribution in [2.75, 3.05) is 44.2 Å². The first-order chi connectivity index (χ1) is 12.1. The van der Waals surface area contributed by atoms with Crippen LogP contribution in [-0.4, -0.2) is 55.6 Å². The molecule has 0 spiro atoms. The van der Waals surface area contributed by atoms with Gasteiger partial charge in [0.25, 0.3) is 0 Å². The van der Waals surface area contributed by atoms with Crippen LogP contribution in [0.4, 0.5) is 5.69 Å². The van der Waals surface area contributed by atoms with E-state index >= 15 is 0 Å². The molecule has 1 saturated carbocycles. The summed E-state index contributed by atoms with van der Waals surface area (Å²) in [5.74, 6) is 0.0502. The lowest BCUT2D eigenvalue weighted by atomic mass is 9.98. The van der Waals surface area contributed by atoms with E-state index in [0.29, 0.717) is 0 Å². The minimum absolute atomic E-state index is 0. The number of hydrogen-bond donors (Lipinski definition) is 2. The Kier molecular flexibility index (Phi) is 12.4. The Hall–Kier alpha value is -0.720. The van der Waals surface area contributed by atoms with Crippen molar-refractivity contribution in [1.82, 2.24) is 10.2 Å². The molecule has 1 amide bonds. The standard InChI is InChI=1S/C20H32N4O.3ClH/c1-17-6-4-7-18(16-17)24-14-12-23(13-15-24)11-5-10-22-19(25)20(21)8-2-3-9-20;;;/h4,6-7,16H,2-3,5,8-15,21H2,1H3,(H,22,25);3*1H. The summed E-state index contributed by atoms with van der Waals surface area (Å²) in [5.41, 5.74) is 8.23. The first kappa shape index (κ1) is 27.3. The second kappa shape index (κ2) is 12.8. The van der Waals surface area contributed by atoms with E-state index in [0.717, 1.165) is 71.4 Å². The molecule has 0 radical (unpaired) electrons. The molecule has 2 fully saturated rings. The van der Waals surface area contributed by atoms with Gasteiger partial charge in [0.2, 0.25) is 5.91 Å². The van der Waals surface area contributed by atoms with Crippen LogP contribution in [0.3, 0.4) is 0 Å². The van der Waals surface area contributed by atoms with Gasteiger partial charge in [0.1, 0.15) is 0 Å². The molecule has 1 aliphatic heterocycles. The van der Waals surface area contributed by atoms with Crippen LogP contribution in [-0.2, 0) is 4.79 Å². The summed E-state index contributed by atoms with van der Waals surface area (Å²) in [6.07, 6.45) is 4.82. The Morgan fingerprint density at radius 2 is 1.75 bits per heavy atom. The number of hydrogen-bond acceptors (Lipinski definition) is 4. The lowest BCUT2D eigenvalue weighted by Gasteiger charge is -2.36. The van der Waals surface area contributed by atoms with E-state index in [-0.39, 0.29) is 43.1 Å². The van der Waals surface area contributed by atoms with Crippen molar-refractivity contribution in [2.24, 2.45) is 5.73 Å². The lowest BCUT2D eigenvalue weighted by molar-refractivity contribution is -0.126. The number of piperazine rings is 1. The maximum Gasteiger partial charge on any atom is 0.240 e. The summed E-state index contributed by atoms with van der Waals surface area (Å²) in [7, 11) is 0. The highest BCUT2D eigenvalue weighted by molar-refractivity contribution is 5.86. The number of carbonyl (C=O) groups excluding carboxylic acids is 1. The maximum absolute atomic E-state index is 12.2. The normalized spacial score (nSPS) is 18.4. The number of nitrogens with two attached hydrogens (primary N) is 1. The van der Waals surface area contributed by atoms with Gasteiger partial charge in [0.05, 0.1) is 5.54 Å². The van der Waals surface area contributed by atoms with Crippen LogP contribution in [0.2, 0.25) is 0 Å². The van der Waals surface area contributed by atoms with E-state index in [4.69, 9.17) is 5.73 Å². The fourth-order valence-electron chi connectivity index (χ4n) is 3.97. The van der Waals surface area contributed by atoms with E-state index < -0.39 is 5.54 Å². The molecule has 1 aliphatic carbocycles. The van der Waals surface area contributed by atoms with Crippen molar-refractivity contribution in [3.8, 4) is 0 Å². The van der Waals surface area contributed by atoms with Gasteiger partial charge in [-0.1, -0.05) is 25.0 Å². The minimum atomic E-state index is -0.598. The number of nitrogens with one attached hydrogen (secondary N) is 1. The van der Waals surface area contributed by atoms with Crippen LogP contribution in [0.15, 0.2) is 24.3 Å². The Bertz CT molecular complexity index is 589. The van der Waals surface area contributed by atoms with Crippen LogP contribution in [0.1, 0.15) is 37.7 Å². The summed E-state index contributed by atoms with van der Waals surface area (Å²) in [6, 6.07) is 8.74. The fourth-order valence-corrected chi connectivity index (χ4v) is 3.97. The molecular weight excluding hydrogens is 419 g/mol. The first-order valence-electron chi connectivity index (χ1n) is 9.68. The molecular formula is C20H35Cl3N4O. The van der Waals surface area contributed by atoms with E-state index in [1.54, 1.807) is 0 Å². The van der Waals surface area contributed by atoms with Gasteiger partial charge in [-0.05, 0) is 50.4 Å². The van der Waals surface area contributed by atoms with Crippen LogP contribution < -0.4 is 16.0 Å². The minimum Gasteiger partial charge on any atom is -0.369 e. The Morgan fingerprint density at radius 3 is 2.36 bits per heavy atom. The number of nitrogens with zero attached hydrogens (tertiary/aromatic N) is 2. The van der Waals surface area contributed by atoms with E-state index in [2.05, 4.69) is 46.3 Å². The molecule has 1 heterocycles. The van der Waals surface area contributed by atoms with Gasteiger partial charge in [-0.25, -0.2) is 0 Å². The number of carbonyl (C=O) groups is 1. The Morgan fingerprint density at radius 1 is 1.11 bits per heavy atom. The van der Waals surface area contributed by atoms with Crippen LogP contribution in [0.5, 0.6) is 0 Å². The van der Waals surface area contributed by atoms with Crippen molar-refractivity contribution in [1.29, 1.82) is 0 Å². The number of amides is 1. The van der Waals surface area contributed by atoms with Gasteiger partial charge >= 0.3 is 0 Å². The molecule has 2 aliphatic rings. The Labute approximate surface area is 188 Å². The summed E-state index contributed by atoms with van der Waals surface area (Å²) in [4.78, 5) is 17.1. The predicted molar refractivity (Wildman–Crippen MR) is 125 cm³/mol. The zero-order chi connectivity index (χ0) is 17.7. The van der Waals surface area contributed by atoms with Crippen molar-refractivity contribution in [3.63, 3.8) is 0 Å². The Balaban J connectivity index is 0.00000243. The molecule has 0 bridgehead atoms. The average molecular weight is 454 g/mol. The molecule has 0 atom stereocenters. The van der Waals surface area contributed by atoms with Gasteiger partial charge in [-0.2, -0.15) is 0 Å². The average Bonchev–Trinajstić information content (AvgIpc) is 3.07. The molecule has 162 valence electrons. The van der Waals surface area contributed by atoms with E-state index in [1.165, 1.54) is 11.3 Å². The number of rotatable bonds is 6. The van der Waals surface area contributed by atoms with Gasteiger partial charge in [-0.15, -0.1) is 37.2 Å². The summed E-state index contributed by atoms with van der Waals surface area (Å²) < 4.78 is 0. The second-order valence-electron chi connectivity index (χ2n) is 7.64. The van der Waals surface area contributed by atoms with Crippen molar-refractivity contribution in [3.05, 3.63) is 29.8 Å². The molecule has 3 N–H and O–H groups in total. The molecule has 8 heteroatoms. The lowest BCUT2D eigenvalue weighted by Crippen LogP contribution is -2.52. The highest BCUT2D eigenvalue weighted by atomic mass is 35.5. The zero-order valence-corrected chi connectivity index (χ0v) is 19.1. The predicted octanol–water partition coefficient (Wildman–Crippen LogP) is 3.16. The summed E-state index contributed by atoms with van der Waals surface area (Å²) in [5, 5.41) is 3.04. The van der Waals surface area contributed by atoms with Crippen LogP contribution >= 0.6 is 37.2 Å². The van der Waals surface area contributed by atoms with Crippen molar-refractivity contribution in [2.45, 2.75) is 44.6 Å². The molecule has 0 unspecified atom stereocenters. The zero-order valence-electron chi connectivity index (χ0n) is 16.7. The highest BCUT2D eigenvalue weighted by Gasteiger charge is 2.36. The molecule has 5 nitrogen and oxygen atoms in total. The molecule has 0 aromatic heterocycles. The first-order valence-corrected chi connectivity index (χ1v) is 9.68. The SMILES string of the molecule is Cc1cccc(N2CCN(CCCNC(=O)C3(N)CCCC3)CC2)c1.Cl.Cl.Cl. The third kappa shape index (κ3) is 7.27. The van der Waals surface area contributed by atoms with Gasteiger partial charge in [0.15, 0.2) is 0 Å². The summed E-state index contributed by atoms with van der Waals surface area (Å²) in [6.45, 7) is 8.23. The number of anilines is 1. The van der Waals surface area contributed by atoms with Crippen molar-refractivity contribution < 1.29 is 4.79 Å². The van der Waals surface area contributed by atoms with E-state index in [9.17, 15) is 4.79 Å². The third-order valence-electron chi connectivity index (χ3n) is 5.62. The highest BCUT2D eigenvalue weighted by Crippen LogP contribution is 2.27. The third-order valence-corrected chi connectivity index (χ3v) is 5.62.